The number of benzene rings is 1. The van der Waals surface area contributed by atoms with E-state index in [1.54, 1.807) is 34.6 Å². The third kappa shape index (κ3) is 4.56. The molecule has 1 amide bonds. The Kier molecular flexibility index (Phi) is 6.03. The number of anilines is 1. The topological polar surface area (TPSA) is 91.6 Å². The fraction of sp³-hybridized carbons (Fsp3) is 0.571. The van der Waals surface area contributed by atoms with Crippen LogP contribution in [0.2, 0.25) is 0 Å². The minimum atomic E-state index is -0.832. The van der Waals surface area contributed by atoms with Crippen LogP contribution in [0.25, 0.3) is 10.9 Å². The highest BCUT2D eigenvalue weighted by Crippen LogP contribution is 2.23. The summed E-state index contributed by atoms with van der Waals surface area (Å²) in [6.07, 6.45) is -0.0677. The summed E-state index contributed by atoms with van der Waals surface area (Å²) in [6, 6.07) is 2.07. The molecule has 30 heavy (non-hydrogen) atoms. The number of carbonyl (C=O) groups excluding carboxylic acids is 1. The Morgan fingerprint density at radius 3 is 2.60 bits per heavy atom. The van der Waals surface area contributed by atoms with Gasteiger partial charge in [0.05, 0.1) is 23.2 Å². The summed E-state index contributed by atoms with van der Waals surface area (Å²) in [6.45, 7) is 9.97. The van der Waals surface area contributed by atoms with Crippen molar-refractivity contribution in [2.24, 2.45) is 5.92 Å². The van der Waals surface area contributed by atoms with E-state index in [1.807, 2.05) is 0 Å². The summed E-state index contributed by atoms with van der Waals surface area (Å²) in [4.78, 5) is 38.2. The normalized spacial score (nSPS) is 17.0. The lowest BCUT2D eigenvalue weighted by Gasteiger charge is -2.21. The Hall–Kier alpha value is -2.68. The molecule has 0 radical (unpaired) electrons. The van der Waals surface area contributed by atoms with Crippen LogP contribution < -0.4 is 16.6 Å². The van der Waals surface area contributed by atoms with Gasteiger partial charge < -0.3 is 9.47 Å². The Morgan fingerprint density at radius 1 is 1.33 bits per heavy atom. The quantitative estimate of drug-likeness (QED) is 0.818. The van der Waals surface area contributed by atoms with Gasteiger partial charge >= 0.3 is 11.8 Å². The molecular formula is C21H28FN3O5. The minimum absolute atomic E-state index is 0.0632. The molecule has 1 saturated heterocycles. The van der Waals surface area contributed by atoms with Crippen molar-refractivity contribution in [1.82, 2.24) is 9.13 Å². The predicted octanol–water partition coefficient (Wildman–Crippen LogP) is 3.27. The zero-order valence-electron chi connectivity index (χ0n) is 18.0. The largest absolute Gasteiger partial charge is 0.444 e. The smallest absolute Gasteiger partial charge is 0.412 e. The van der Waals surface area contributed by atoms with E-state index >= 15 is 0 Å². The Labute approximate surface area is 173 Å². The van der Waals surface area contributed by atoms with Gasteiger partial charge in [-0.15, -0.1) is 0 Å². The molecule has 1 fully saturated rings. The summed E-state index contributed by atoms with van der Waals surface area (Å²) < 4.78 is 27.8. The third-order valence-electron chi connectivity index (χ3n) is 4.87. The maximum Gasteiger partial charge on any atom is 0.412 e. The van der Waals surface area contributed by atoms with Gasteiger partial charge in [0, 0.05) is 31.2 Å². The highest BCUT2D eigenvalue weighted by molar-refractivity contribution is 5.90. The average molecular weight is 421 g/mol. The van der Waals surface area contributed by atoms with E-state index in [1.165, 1.54) is 15.2 Å². The van der Waals surface area contributed by atoms with Crippen LogP contribution in [0.5, 0.6) is 0 Å². The molecular weight excluding hydrogens is 393 g/mol. The second-order valence-corrected chi connectivity index (χ2v) is 8.87. The van der Waals surface area contributed by atoms with Crippen LogP contribution in [0.4, 0.5) is 14.9 Å². The molecule has 0 bridgehead atoms. The lowest BCUT2D eigenvalue weighted by Crippen LogP contribution is -2.42. The number of hydrogen-bond acceptors (Lipinski definition) is 5. The van der Waals surface area contributed by atoms with Crippen molar-refractivity contribution in [1.29, 1.82) is 0 Å². The van der Waals surface area contributed by atoms with Gasteiger partial charge in [0.25, 0.3) is 5.56 Å². The van der Waals surface area contributed by atoms with Crippen molar-refractivity contribution in [3.05, 3.63) is 38.8 Å². The predicted molar refractivity (Wildman–Crippen MR) is 112 cm³/mol. The summed E-state index contributed by atoms with van der Waals surface area (Å²) >= 11 is 0. The number of carbonyl (C=O) groups is 1. The van der Waals surface area contributed by atoms with Crippen LogP contribution >= 0.6 is 0 Å². The molecule has 1 aliphatic rings. The molecule has 9 heteroatoms. The number of rotatable bonds is 4. The number of ether oxygens (including phenoxy) is 2. The molecule has 8 nitrogen and oxygen atoms in total. The molecule has 0 spiro atoms. The van der Waals surface area contributed by atoms with Crippen molar-refractivity contribution in [2.45, 2.75) is 59.2 Å². The fourth-order valence-electron chi connectivity index (χ4n) is 3.55. The van der Waals surface area contributed by atoms with Crippen LogP contribution in [-0.2, 0) is 16.0 Å². The molecule has 3 rings (SSSR count). The maximum absolute atomic E-state index is 14.7. The van der Waals surface area contributed by atoms with E-state index in [4.69, 9.17) is 9.47 Å². The van der Waals surface area contributed by atoms with E-state index in [9.17, 15) is 18.8 Å². The number of hydrogen-bond donors (Lipinski definition) is 1. The van der Waals surface area contributed by atoms with Gasteiger partial charge in [-0.05, 0) is 47.1 Å². The van der Waals surface area contributed by atoms with E-state index in [0.29, 0.717) is 13.2 Å². The van der Waals surface area contributed by atoms with Crippen molar-refractivity contribution in [3.63, 3.8) is 0 Å². The molecule has 1 atom stereocenters. The fourth-order valence-corrected chi connectivity index (χ4v) is 3.55. The number of halogens is 1. The standard InChI is InChI=1S/C21H28FN3O5/c1-12(2)25-17-9-15(22)16(23-19(27)30-21(3,4)5)8-14(17)18(26)24(20(25)28)10-13-6-7-29-11-13/h8-9,12-13H,6-7,10-11H2,1-5H3,(H,23,27). The van der Waals surface area contributed by atoms with E-state index in [2.05, 4.69) is 5.32 Å². The van der Waals surface area contributed by atoms with Crippen molar-refractivity contribution < 1.29 is 18.7 Å². The van der Waals surface area contributed by atoms with E-state index in [0.717, 1.165) is 12.5 Å². The van der Waals surface area contributed by atoms with Gasteiger partial charge in [0.2, 0.25) is 0 Å². The highest BCUT2D eigenvalue weighted by atomic mass is 19.1. The first-order valence-electron chi connectivity index (χ1n) is 10.0. The number of fused-ring (bicyclic) bond motifs is 1. The first kappa shape index (κ1) is 22.0. The molecule has 2 heterocycles. The number of amides is 1. The van der Waals surface area contributed by atoms with Gasteiger partial charge in [0.15, 0.2) is 0 Å². The molecule has 1 aliphatic heterocycles. The first-order chi connectivity index (χ1) is 14.0. The van der Waals surface area contributed by atoms with Crippen molar-refractivity contribution >= 4 is 22.7 Å². The van der Waals surface area contributed by atoms with Gasteiger partial charge in [0.1, 0.15) is 11.4 Å². The van der Waals surface area contributed by atoms with Gasteiger partial charge in [-0.3, -0.25) is 19.2 Å². The van der Waals surface area contributed by atoms with Crippen molar-refractivity contribution in [3.8, 4) is 0 Å². The Bertz CT molecular complexity index is 1080. The van der Waals surface area contributed by atoms with E-state index in [-0.39, 0.29) is 35.1 Å². The third-order valence-corrected chi connectivity index (χ3v) is 4.87. The zero-order valence-corrected chi connectivity index (χ0v) is 18.0. The summed E-state index contributed by atoms with van der Waals surface area (Å²) in [7, 11) is 0. The second kappa shape index (κ2) is 8.22. The number of nitrogens with zero attached hydrogens (tertiary/aromatic N) is 2. The van der Waals surface area contributed by atoms with Gasteiger partial charge in [-0.25, -0.2) is 14.0 Å². The second-order valence-electron chi connectivity index (χ2n) is 8.87. The molecule has 0 aliphatic carbocycles. The van der Waals surface area contributed by atoms with Crippen LogP contribution in [0.1, 0.15) is 47.1 Å². The first-order valence-corrected chi connectivity index (χ1v) is 10.0. The molecule has 164 valence electrons. The summed E-state index contributed by atoms with van der Waals surface area (Å²) in [5.41, 5.74) is -1.76. The number of aromatic nitrogens is 2. The Morgan fingerprint density at radius 2 is 2.03 bits per heavy atom. The SMILES string of the molecule is CC(C)n1c(=O)n(CC2CCOC2)c(=O)c2cc(NC(=O)OC(C)(C)C)c(F)cc21. The highest BCUT2D eigenvalue weighted by Gasteiger charge is 2.23. The maximum atomic E-state index is 14.7. The molecule has 1 aromatic carbocycles. The molecule has 0 saturated carbocycles. The van der Waals surface area contributed by atoms with E-state index < -0.39 is 28.8 Å². The average Bonchev–Trinajstić information content (AvgIpc) is 3.11. The van der Waals surface area contributed by atoms with Gasteiger partial charge in [-0.1, -0.05) is 0 Å². The lowest BCUT2D eigenvalue weighted by molar-refractivity contribution is 0.0635. The zero-order chi connectivity index (χ0) is 22.2. The summed E-state index contributed by atoms with van der Waals surface area (Å²) in [5.74, 6) is -0.697. The number of nitrogens with one attached hydrogen (secondary N) is 1. The molecule has 1 aromatic heterocycles. The van der Waals surface area contributed by atoms with Crippen molar-refractivity contribution in [2.75, 3.05) is 18.5 Å². The molecule has 1 N–H and O–H groups in total. The lowest BCUT2D eigenvalue weighted by atomic mass is 10.1. The van der Waals surface area contributed by atoms with Crippen LogP contribution in [0, 0.1) is 11.7 Å². The minimum Gasteiger partial charge on any atom is -0.444 e. The monoisotopic (exact) mass is 421 g/mol. The van der Waals surface area contributed by atoms with Crippen LogP contribution in [0.15, 0.2) is 21.7 Å². The van der Waals surface area contributed by atoms with Gasteiger partial charge in [-0.2, -0.15) is 0 Å². The Balaban J connectivity index is 2.13. The molecule has 1 unspecified atom stereocenters. The van der Waals surface area contributed by atoms with Crippen LogP contribution in [0.3, 0.4) is 0 Å². The van der Waals surface area contributed by atoms with Crippen LogP contribution in [-0.4, -0.2) is 34.0 Å². The molecule has 2 aromatic rings. The summed E-state index contributed by atoms with van der Waals surface area (Å²) in [5, 5.41) is 2.50.